The van der Waals surface area contributed by atoms with Crippen LogP contribution in [0.5, 0.6) is 0 Å². The monoisotopic (exact) mass is 343 g/mol. The van der Waals surface area contributed by atoms with Gasteiger partial charge in [-0.1, -0.05) is 23.7 Å². The topological polar surface area (TPSA) is 51.0 Å². The standard InChI is InChI=1S/C13H15BrClN3O/c1-7(8(2)16-3)13-17-12(18-19-13)9-4-5-11(15)10(14)6-9/h4-8,16H,1-3H3. The van der Waals surface area contributed by atoms with E-state index in [1.54, 1.807) is 6.07 Å². The van der Waals surface area contributed by atoms with E-state index in [1.807, 2.05) is 19.2 Å². The van der Waals surface area contributed by atoms with Crippen molar-refractivity contribution in [2.75, 3.05) is 7.05 Å². The van der Waals surface area contributed by atoms with Crippen LogP contribution in [-0.4, -0.2) is 23.2 Å². The molecule has 0 amide bonds. The van der Waals surface area contributed by atoms with E-state index in [9.17, 15) is 0 Å². The van der Waals surface area contributed by atoms with Crippen molar-refractivity contribution in [1.29, 1.82) is 0 Å². The minimum Gasteiger partial charge on any atom is -0.339 e. The van der Waals surface area contributed by atoms with Crippen LogP contribution in [0.3, 0.4) is 0 Å². The maximum Gasteiger partial charge on any atom is 0.231 e. The Kier molecular flexibility index (Phi) is 4.60. The van der Waals surface area contributed by atoms with E-state index in [1.165, 1.54) is 0 Å². The van der Waals surface area contributed by atoms with Crippen LogP contribution >= 0.6 is 27.5 Å². The fourth-order valence-electron chi connectivity index (χ4n) is 1.64. The molecule has 0 spiro atoms. The molecular formula is C13H15BrClN3O. The van der Waals surface area contributed by atoms with E-state index in [0.29, 0.717) is 16.7 Å². The van der Waals surface area contributed by atoms with E-state index >= 15 is 0 Å². The van der Waals surface area contributed by atoms with Gasteiger partial charge in [0.2, 0.25) is 11.7 Å². The van der Waals surface area contributed by atoms with Crippen molar-refractivity contribution in [1.82, 2.24) is 15.5 Å². The summed E-state index contributed by atoms with van der Waals surface area (Å²) in [5.41, 5.74) is 0.871. The predicted molar refractivity (Wildman–Crippen MR) is 79.4 cm³/mol. The van der Waals surface area contributed by atoms with Gasteiger partial charge in [0.1, 0.15) is 0 Å². The van der Waals surface area contributed by atoms with Gasteiger partial charge in [-0.05, 0) is 48.1 Å². The summed E-state index contributed by atoms with van der Waals surface area (Å²) >= 11 is 9.35. The molecule has 0 aliphatic carbocycles. The lowest BCUT2D eigenvalue weighted by Crippen LogP contribution is -2.27. The second-order valence-electron chi connectivity index (χ2n) is 4.45. The molecule has 1 heterocycles. The molecular weight excluding hydrogens is 330 g/mol. The van der Waals surface area contributed by atoms with Crippen molar-refractivity contribution in [2.24, 2.45) is 0 Å². The predicted octanol–water partition coefficient (Wildman–Crippen LogP) is 3.86. The molecule has 1 N–H and O–H groups in total. The lowest BCUT2D eigenvalue weighted by atomic mass is 10.0. The second kappa shape index (κ2) is 6.03. The molecule has 0 aliphatic heterocycles. The van der Waals surface area contributed by atoms with Crippen LogP contribution in [0, 0.1) is 0 Å². The van der Waals surface area contributed by atoms with Crippen LogP contribution < -0.4 is 5.32 Å². The molecule has 4 nitrogen and oxygen atoms in total. The first-order chi connectivity index (χ1) is 9.02. The largest absolute Gasteiger partial charge is 0.339 e. The summed E-state index contributed by atoms with van der Waals surface area (Å²) < 4.78 is 6.14. The summed E-state index contributed by atoms with van der Waals surface area (Å²) in [4.78, 5) is 4.44. The summed E-state index contributed by atoms with van der Waals surface area (Å²) in [7, 11) is 1.91. The van der Waals surface area contributed by atoms with Gasteiger partial charge in [0.25, 0.3) is 0 Å². The Morgan fingerprint density at radius 1 is 1.37 bits per heavy atom. The first-order valence-corrected chi connectivity index (χ1v) is 7.16. The van der Waals surface area contributed by atoms with Gasteiger partial charge >= 0.3 is 0 Å². The van der Waals surface area contributed by atoms with Crippen LogP contribution in [0.4, 0.5) is 0 Å². The minimum atomic E-state index is 0.155. The Labute approximate surface area is 125 Å². The highest BCUT2D eigenvalue weighted by Crippen LogP contribution is 2.28. The third-order valence-corrected chi connectivity index (χ3v) is 4.43. The Balaban J connectivity index is 2.27. The molecule has 0 saturated heterocycles. The third-order valence-electron chi connectivity index (χ3n) is 3.21. The summed E-state index contributed by atoms with van der Waals surface area (Å²) in [6.07, 6.45) is 0. The Hall–Kier alpha value is -0.910. The molecule has 102 valence electrons. The van der Waals surface area contributed by atoms with E-state index < -0.39 is 0 Å². The number of hydrogen-bond acceptors (Lipinski definition) is 4. The molecule has 0 fully saturated rings. The molecule has 2 atom stereocenters. The number of halogens is 2. The molecule has 0 bridgehead atoms. The Morgan fingerprint density at radius 2 is 2.11 bits per heavy atom. The van der Waals surface area contributed by atoms with E-state index in [2.05, 4.69) is 45.2 Å². The van der Waals surface area contributed by atoms with Crippen molar-refractivity contribution in [3.05, 3.63) is 33.6 Å². The van der Waals surface area contributed by atoms with Crippen molar-refractivity contribution in [2.45, 2.75) is 25.8 Å². The average molecular weight is 345 g/mol. The lowest BCUT2D eigenvalue weighted by molar-refractivity contribution is 0.336. The summed E-state index contributed by atoms with van der Waals surface area (Å²) in [6.45, 7) is 4.13. The van der Waals surface area contributed by atoms with Crippen LogP contribution in [0.25, 0.3) is 11.4 Å². The van der Waals surface area contributed by atoms with Crippen LogP contribution in [0.15, 0.2) is 27.2 Å². The Morgan fingerprint density at radius 3 is 2.74 bits per heavy atom. The van der Waals surface area contributed by atoms with Crippen molar-refractivity contribution in [3.63, 3.8) is 0 Å². The fraction of sp³-hybridized carbons (Fsp3) is 0.385. The SMILES string of the molecule is CNC(C)C(C)c1nc(-c2ccc(Cl)c(Br)c2)no1. The van der Waals surface area contributed by atoms with Crippen molar-refractivity contribution in [3.8, 4) is 11.4 Å². The number of rotatable bonds is 4. The third kappa shape index (κ3) is 3.16. The highest BCUT2D eigenvalue weighted by molar-refractivity contribution is 9.10. The van der Waals surface area contributed by atoms with Crippen LogP contribution in [0.1, 0.15) is 25.7 Å². The van der Waals surface area contributed by atoms with Gasteiger partial charge < -0.3 is 9.84 Å². The quantitative estimate of drug-likeness (QED) is 0.915. The fourth-order valence-corrected chi connectivity index (χ4v) is 2.13. The second-order valence-corrected chi connectivity index (χ2v) is 5.71. The highest BCUT2D eigenvalue weighted by atomic mass is 79.9. The molecule has 2 unspecified atom stereocenters. The lowest BCUT2D eigenvalue weighted by Gasteiger charge is -2.14. The smallest absolute Gasteiger partial charge is 0.231 e. The molecule has 1 aromatic carbocycles. The molecule has 6 heteroatoms. The minimum absolute atomic E-state index is 0.155. The van der Waals surface area contributed by atoms with Gasteiger partial charge in [-0.25, -0.2) is 0 Å². The maximum atomic E-state index is 5.96. The average Bonchev–Trinajstić information content (AvgIpc) is 2.89. The number of nitrogens with zero attached hydrogens (tertiary/aromatic N) is 2. The van der Waals surface area contributed by atoms with Gasteiger partial charge in [-0.3, -0.25) is 0 Å². The first-order valence-electron chi connectivity index (χ1n) is 5.99. The molecule has 1 aromatic heterocycles. The van der Waals surface area contributed by atoms with Crippen LogP contribution in [-0.2, 0) is 0 Å². The summed E-state index contributed by atoms with van der Waals surface area (Å²) in [6, 6.07) is 5.82. The van der Waals surface area contributed by atoms with Crippen LogP contribution in [0.2, 0.25) is 5.02 Å². The van der Waals surface area contributed by atoms with Crippen molar-refractivity contribution < 1.29 is 4.52 Å². The Bertz CT molecular complexity index is 573. The molecule has 2 rings (SSSR count). The molecule has 19 heavy (non-hydrogen) atoms. The maximum absolute atomic E-state index is 5.96. The zero-order valence-electron chi connectivity index (χ0n) is 10.9. The molecule has 0 radical (unpaired) electrons. The zero-order valence-corrected chi connectivity index (χ0v) is 13.3. The highest BCUT2D eigenvalue weighted by Gasteiger charge is 2.20. The van der Waals surface area contributed by atoms with Crippen molar-refractivity contribution >= 4 is 27.5 Å². The number of hydrogen-bond donors (Lipinski definition) is 1. The number of likely N-dealkylation sites (N-methyl/N-ethyl adjacent to an activating group) is 1. The van der Waals surface area contributed by atoms with Gasteiger partial charge in [0, 0.05) is 16.1 Å². The van der Waals surface area contributed by atoms with Gasteiger partial charge in [0.15, 0.2) is 0 Å². The molecule has 2 aromatic rings. The number of aromatic nitrogens is 2. The van der Waals surface area contributed by atoms with Gasteiger partial charge in [-0.2, -0.15) is 4.98 Å². The van der Waals surface area contributed by atoms with E-state index in [-0.39, 0.29) is 12.0 Å². The zero-order chi connectivity index (χ0) is 14.0. The first kappa shape index (κ1) is 14.5. The molecule has 0 saturated carbocycles. The number of nitrogens with one attached hydrogen (secondary N) is 1. The van der Waals surface area contributed by atoms with Gasteiger partial charge in [-0.15, -0.1) is 0 Å². The molecule has 0 aliphatic rings. The number of benzene rings is 1. The summed E-state index contributed by atoms with van der Waals surface area (Å²) in [5, 5.41) is 7.85. The van der Waals surface area contributed by atoms with E-state index in [4.69, 9.17) is 16.1 Å². The normalized spacial score (nSPS) is 14.4. The van der Waals surface area contributed by atoms with Gasteiger partial charge in [0.05, 0.1) is 10.9 Å². The summed E-state index contributed by atoms with van der Waals surface area (Å²) in [5.74, 6) is 1.35. The van der Waals surface area contributed by atoms with E-state index in [0.717, 1.165) is 10.0 Å².